The molecule has 104 valence electrons. The van der Waals surface area contributed by atoms with Gasteiger partial charge in [0.2, 0.25) is 0 Å². The van der Waals surface area contributed by atoms with Gasteiger partial charge in [0.15, 0.2) is 0 Å². The summed E-state index contributed by atoms with van der Waals surface area (Å²) < 4.78 is 11.0. The van der Waals surface area contributed by atoms with E-state index in [1.165, 1.54) is 5.56 Å². The largest absolute Gasteiger partial charge is 0.447 e. The lowest BCUT2D eigenvalue weighted by Crippen LogP contribution is -2.28. The highest BCUT2D eigenvalue weighted by molar-refractivity contribution is 8.00. The number of hydrogen-bond donors (Lipinski definition) is 1. The molecule has 1 aromatic carbocycles. The number of thioether (sulfide) groups is 1. The van der Waals surface area contributed by atoms with Crippen LogP contribution in [0.5, 0.6) is 0 Å². The Morgan fingerprint density at radius 3 is 2.89 bits per heavy atom. The zero-order chi connectivity index (χ0) is 13.7. The Hall–Kier alpha value is -1.20. The van der Waals surface area contributed by atoms with Gasteiger partial charge in [-0.05, 0) is 12.0 Å². The molecule has 1 saturated heterocycles. The molecule has 2 unspecified atom stereocenters. The van der Waals surface area contributed by atoms with Crippen molar-refractivity contribution in [3.05, 3.63) is 35.9 Å². The summed E-state index contributed by atoms with van der Waals surface area (Å²) in [7, 11) is 0. The summed E-state index contributed by atoms with van der Waals surface area (Å²) in [6, 6.07) is 10.2. The SMILES string of the molecule is CCCC1(c2ccccc2)OC(COC(N)=O)CS1. The topological polar surface area (TPSA) is 61.6 Å². The van der Waals surface area contributed by atoms with Crippen LogP contribution in [-0.4, -0.2) is 24.6 Å². The lowest BCUT2D eigenvalue weighted by Gasteiger charge is -2.28. The normalized spacial score (nSPS) is 26.3. The third-order valence-corrected chi connectivity index (χ3v) is 4.60. The number of carbonyl (C=O) groups is 1. The highest BCUT2D eigenvalue weighted by Crippen LogP contribution is 2.48. The van der Waals surface area contributed by atoms with Gasteiger partial charge in [0.1, 0.15) is 17.6 Å². The number of primary amides is 1. The standard InChI is InChI=1S/C14H19NO3S/c1-2-8-14(11-6-4-3-5-7-11)18-12(10-19-14)9-17-13(15)16/h3-7,12H,2,8-10H2,1H3,(H2,15,16). The monoisotopic (exact) mass is 281 g/mol. The summed E-state index contributed by atoms with van der Waals surface area (Å²) in [6.45, 7) is 2.36. The van der Waals surface area contributed by atoms with Gasteiger partial charge < -0.3 is 15.2 Å². The maximum atomic E-state index is 10.7. The lowest BCUT2D eigenvalue weighted by atomic mass is 10.0. The van der Waals surface area contributed by atoms with Crippen LogP contribution >= 0.6 is 11.8 Å². The molecule has 2 N–H and O–H groups in total. The number of carbonyl (C=O) groups excluding carboxylic acids is 1. The first-order chi connectivity index (χ1) is 9.16. The average Bonchev–Trinajstić information content (AvgIpc) is 2.83. The van der Waals surface area contributed by atoms with E-state index >= 15 is 0 Å². The van der Waals surface area contributed by atoms with E-state index in [0.29, 0.717) is 0 Å². The smallest absolute Gasteiger partial charge is 0.404 e. The number of amides is 1. The minimum absolute atomic E-state index is 0.0933. The average molecular weight is 281 g/mol. The third-order valence-electron chi connectivity index (χ3n) is 3.06. The van der Waals surface area contributed by atoms with Crippen molar-refractivity contribution in [3.63, 3.8) is 0 Å². The number of benzene rings is 1. The fourth-order valence-electron chi connectivity index (χ4n) is 2.27. The van der Waals surface area contributed by atoms with Crippen molar-refractivity contribution in [2.24, 2.45) is 5.73 Å². The summed E-state index contributed by atoms with van der Waals surface area (Å²) in [4.78, 5) is 10.3. The second-order valence-corrected chi connectivity index (χ2v) is 5.83. The molecule has 19 heavy (non-hydrogen) atoms. The van der Waals surface area contributed by atoms with Gasteiger partial charge in [0.05, 0.1) is 0 Å². The summed E-state index contributed by atoms with van der Waals surface area (Å²) in [5.74, 6) is 0.808. The molecule has 1 aliphatic heterocycles. The zero-order valence-electron chi connectivity index (χ0n) is 11.0. The molecule has 2 atom stereocenters. The maximum Gasteiger partial charge on any atom is 0.404 e. The summed E-state index contributed by atoms with van der Waals surface area (Å²) >= 11 is 1.77. The number of ether oxygens (including phenoxy) is 2. The number of rotatable bonds is 5. The van der Waals surface area contributed by atoms with Crippen LogP contribution in [0.15, 0.2) is 30.3 Å². The molecule has 0 aromatic heterocycles. The third kappa shape index (κ3) is 3.42. The van der Waals surface area contributed by atoms with Crippen molar-refractivity contribution < 1.29 is 14.3 Å². The molecule has 5 heteroatoms. The Labute approximate surface area is 117 Å². The summed E-state index contributed by atoms with van der Waals surface area (Å²) in [6.07, 6.45) is 1.13. The molecule has 0 spiro atoms. The maximum absolute atomic E-state index is 10.7. The lowest BCUT2D eigenvalue weighted by molar-refractivity contribution is -0.0411. The van der Waals surface area contributed by atoms with Gasteiger partial charge in [-0.2, -0.15) is 0 Å². The Morgan fingerprint density at radius 2 is 2.26 bits per heavy atom. The van der Waals surface area contributed by atoms with E-state index in [9.17, 15) is 4.79 Å². The van der Waals surface area contributed by atoms with Gasteiger partial charge in [-0.1, -0.05) is 43.7 Å². The van der Waals surface area contributed by atoms with E-state index in [4.69, 9.17) is 15.2 Å². The second-order valence-electron chi connectivity index (χ2n) is 4.55. The van der Waals surface area contributed by atoms with Gasteiger partial charge in [-0.25, -0.2) is 4.79 Å². The fourth-order valence-corrected chi connectivity index (χ4v) is 3.74. The van der Waals surface area contributed by atoms with Crippen LogP contribution in [-0.2, 0) is 14.4 Å². The second kappa shape index (κ2) is 6.30. The van der Waals surface area contributed by atoms with Crippen molar-refractivity contribution in [1.82, 2.24) is 0 Å². The van der Waals surface area contributed by atoms with Crippen molar-refractivity contribution in [2.75, 3.05) is 12.4 Å². The first-order valence-corrected chi connectivity index (χ1v) is 7.44. The minimum Gasteiger partial charge on any atom is -0.447 e. The van der Waals surface area contributed by atoms with Crippen LogP contribution in [0.3, 0.4) is 0 Å². The minimum atomic E-state index is -0.749. The zero-order valence-corrected chi connectivity index (χ0v) is 11.8. The van der Waals surface area contributed by atoms with E-state index in [0.717, 1.165) is 18.6 Å². The summed E-state index contributed by atoms with van der Waals surface area (Å²) in [5, 5.41) is 0. The predicted octanol–water partition coefficient (Wildman–Crippen LogP) is 2.87. The van der Waals surface area contributed by atoms with Crippen molar-refractivity contribution in [2.45, 2.75) is 30.8 Å². The first kappa shape index (κ1) is 14.2. The molecule has 2 rings (SSSR count). The van der Waals surface area contributed by atoms with Gasteiger partial charge in [-0.3, -0.25) is 0 Å². The Bertz CT molecular complexity index is 426. The van der Waals surface area contributed by atoms with Crippen LogP contribution in [0.1, 0.15) is 25.3 Å². The molecule has 1 aromatic rings. The van der Waals surface area contributed by atoms with Gasteiger partial charge in [-0.15, -0.1) is 11.8 Å². The van der Waals surface area contributed by atoms with Gasteiger partial charge >= 0.3 is 6.09 Å². The van der Waals surface area contributed by atoms with E-state index in [1.54, 1.807) is 11.8 Å². The van der Waals surface area contributed by atoms with Crippen molar-refractivity contribution >= 4 is 17.9 Å². The summed E-state index contributed by atoms with van der Waals surface area (Å²) in [5.41, 5.74) is 6.15. The van der Waals surface area contributed by atoms with E-state index in [-0.39, 0.29) is 17.6 Å². The molecule has 1 aliphatic rings. The molecule has 0 radical (unpaired) electrons. The highest BCUT2D eigenvalue weighted by Gasteiger charge is 2.42. The van der Waals surface area contributed by atoms with Crippen LogP contribution in [0.25, 0.3) is 0 Å². The van der Waals surface area contributed by atoms with Gasteiger partial charge in [0.25, 0.3) is 0 Å². The van der Waals surface area contributed by atoms with Crippen molar-refractivity contribution in [3.8, 4) is 0 Å². The van der Waals surface area contributed by atoms with Gasteiger partial charge in [0, 0.05) is 5.75 Å². The molecule has 0 aliphatic carbocycles. The van der Waals surface area contributed by atoms with E-state index < -0.39 is 6.09 Å². The molecule has 0 saturated carbocycles. The van der Waals surface area contributed by atoms with Crippen LogP contribution < -0.4 is 5.73 Å². The molecule has 1 amide bonds. The molecule has 0 bridgehead atoms. The Morgan fingerprint density at radius 1 is 1.53 bits per heavy atom. The van der Waals surface area contributed by atoms with Crippen LogP contribution in [0, 0.1) is 0 Å². The molecule has 1 fully saturated rings. The quantitative estimate of drug-likeness (QED) is 0.901. The molecule has 1 heterocycles. The van der Waals surface area contributed by atoms with Crippen LogP contribution in [0.2, 0.25) is 0 Å². The fraction of sp³-hybridized carbons (Fsp3) is 0.500. The van der Waals surface area contributed by atoms with E-state index in [2.05, 4.69) is 19.1 Å². The molecular formula is C14H19NO3S. The number of hydrogen-bond acceptors (Lipinski definition) is 4. The Balaban J connectivity index is 2.08. The highest BCUT2D eigenvalue weighted by atomic mass is 32.2. The Kier molecular flexibility index (Phi) is 4.71. The molecule has 4 nitrogen and oxygen atoms in total. The molecular weight excluding hydrogens is 262 g/mol. The number of nitrogens with two attached hydrogens (primary N) is 1. The first-order valence-electron chi connectivity index (χ1n) is 6.46. The predicted molar refractivity (Wildman–Crippen MR) is 75.9 cm³/mol. The van der Waals surface area contributed by atoms with Crippen LogP contribution in [0.4, 0.5) is 4.79 Å². The van der Waals surface area contributed by atoms with E-state index in [1.807, 2.05) is 18.2 Å². The van der Waals surface area contributed by atoms with Crippen molar-refractivity contribution in [1.29, 1.82) is 0 Å².